The van der Waals surface area contributed by atoms with Crippen molar-refractivity contribution in [3.05, 3.63) is 59.1 Å². The van der Waals surface area contributed by atoms with Crippen molar-refractivity contribution in [3.8, 4) is 5.75 Å². The van der Waals surface area contributed by atoms with E-state index in [9.17, 15) is 14.4 Å². The number of carbonyl (C=O) groups is 2. The molecule has 0 saturated carbocycles. The third-order valence-electron chi connectivity index (χ3n) is 4.94. The smallest absolute Gasteiger partial charge is 0.419 e. The number of anilines is 1. The van der Waals surface area contributed by atoms with Crippen molar-refractivity contribution in [2.45, 2.75) is 25.8 Å². The zero-order chi connectivity index (χ0) is 20.9. The quantitative estimate of drug-likeness (QED) is 0.419. The van der Waals surface area contributed by atoms with Gasteiger partial charge in [0.1, 0.15) is 5.75 Å². The van der Waals surface area contributed by atoms with Crippen molar-refractivity contribution in [2.75, 3.05) is 24.7 Å². The van der Waals surface area contributed by atoms with Crippen LogP contribution in [0.2, 0.25) is 0 Å². The molecule has 1 saturated heterocycles. The Morgan fingerprint density at radius 3 is 2.63 bits per heavy atom. The summed E-state index contributed by atoms with van der Waals surface area (Å²) in [4.78, 5) is 37.3. The van der Waals surface area contributed by atoms with E-state index in [1.807, 2.05) is 12.1 Å². The number of aromatic nitrogens is 1. The number of para-hydroxylation sites is 2. The molecule has 0 N–H and O–H groups in total. The maximum absolute atomic E-state index is 11.9. The number of fused-ring (bicyclic) bond motifs is 1. The van der Waals surface area contributed by atoms with Gasteiger partial charge in [0.05, 0.1) is 12.1 Å². The second-order valence-corrected chi connectivity index (χ2v) is 6.99. The Morgan fingerprint density at radius 2 is 1.87 bits per heavy atom. The topological polar surface area (TPSA) is 91.0 Å². The van der Waals surface area contributed by atoms with E-state index >= 15 is 0 Å². The molecule has 8 nitrogen and oxygen atoms in total. The minimum Gasteiger partial charge on any atom is -0.482 e. The van der Waals surface area contributed by atoms with Gasteiger partial charge < -0.3 is 18.8 Å². The standard InChI is InChI=1S/C22H22N2O6/c25-20-7-3-12-23(20)16-8-10-17(11-9-16)29-15-21(26)28-14-4-13-24-18-5-1-2-6-19(18)30-22(24)27/h1-2,5-6,8-11H,3-4,7,12-15H2. The largest absolute Gasteiger partial charge is 0.482 e. The van der Waals surface area contributed by atoms with Crippen LogP contribution >= 0.6 is 0 Å². The highest BCUT2D eigenvalue weighted by atomic mass is 16.6. The highest BCUT2D eigenvalue weighted by Crippen LogP contribution is 2.23. The molecule has 0 unspecified atom stereocenters. The third kappa shape index (κ3) is 4.37. The molecule has 1 fully saturated rings. The number of esters is 1. The first-order valence-corrected chi connectivity index (χ1v) is 9.89. The van der Waals surface area contributed by atoms with E-state index in [1.54, 1.807) is 41.3 Å². The Kier molecular flexibility index (Phi) is 5.83. The number of benzene rings is 2. The van der Waals surface area contributed by atoms with Crippen LogP contribution < -0.4 is 15.4 Å². The Hall–Kier alpha value is -3.55. The molecule has 1 aliphatic rings. The van der Waals surface area contributed by atoms with Crippen LogP contribution in [0.3, 0.4) is 0 Å². The lowest BCUT2D eigenvalue weighted by molar-refractivity contribution is -0.146. The predicted molar refractivity (Wildman–Crippen MR) is 110 cm³/mol. The van der Waals surface area contributed by atoms with Gasteiger partial charge in [-0.25, -0.2) is 9.59 Å². The van der Waals surface area contributed by atoms with E-state index < -0.39 is 11.7 Å². The summed E-state index contributed by atoms with van der Waals surface area (Å²) >= 11 is 0. The molecule has 2 heterocycles. The van der Waals surface area contributed by atoms with Crippen LogP contribution in [0.5, 0.6) is 5.75 Å². The molecule has 1 amide bonds. The molecule has 1 aliphatic heterocycles. The first kappa shape index (κ1) is 19.8. The van der Waals surface area contributed by atoms with Gasteiger partial charge in [-0.15, -0.1) is 0 Å². The fourth-order valence-corrected chi connectivity index (χ4v) is 3.46. The number of nitrogens with zero attached hydrogens (tertiary/aromatic N) is 2. The van der Waals surface area contributed by atoms with Gasteiger partial charge in [-0.3, -0.25) is 9.36 Å². The minimum atomic E-state index is -0.488. The second-order valence-electron chi connectivity index (χ2n) is 6.99. The van der Waals surface area contributed by atoms with E-state index in [0.29, 0.717) is 30.7 Å². The molecule has 0 spiro atoms. The lowest BCUT2D eigenvalue weighted by Crippen LogP contribution is -2.23. The maximum Gasteiger partial charge on any atom is 0.419 e. The third-order valence-corrected chi connectivity index (χ3v) is 4.94. The summed E-state index contributed by atoms with van der Waals surface area (Å²) in [6.07, 6.45) is 1.93. The van der Waals surface area contributed by atoms with Crippen molar-refractivity contribution in [1.29, 1.82) is 0 Å². The molecule has 3 aromatic rings. The van der Waals surface area contributed by atoms with Crippen LogP contribution in [-0.4, -0.2) is 36.2 Å². The number of hydrogen-bond acceptors (Lipinski definition) is 6. The summed E-state index contributed by atoms with van der Waals surface area (Å²) in [6.45, 7) is 1.08. The monoisotopic (exact) mass is 410 g/mol. The number of ether oxygens (including phenoxy) is 2. The predicted octanol–water partition coefficient (Wildman–Crippen LogP) is 2.73. The molecule has 0 atom stereocenters. The van der Waals surface area contributed by atoms with Crippen molar-refractivity contribution in [3.63, 3.8) is 0 Å². The summed E-state index contributed by atoms with van der Waals surface area (Å²) in [7, 11) is 0. The molecule has 30 heavy (non-hydrogen) atoms. The normalized spacial score (nSPS) is 13.7. The molecule has 2 aromatic carbocycles. The lowest BCUT2D eigenvalue weighted by atomic mass is 10.3. The van der Waals surface area contributed by atoms with Crippen LogP contribution in [0, 0.1) is 0 Å². The summed E-state index contributed by atoms with van der Waals surface area (Å²) in [5.41, 5.74) is 2.08. The van der Waals surface area contributed by atoms with E-state index in [2.05, 4.69) is 0 Å². The average molecular weight is 410 g/mol. The molecule has 0 aliphatic carbocycles. The highest BCUT2D eigenvalue weighted by Gasteiger charge is 2.21. The first-order chi connectivity index (χ1) is 14.6. The summed E-state index contributed by atoms with van der Waals surface area (Å²) in [5.74, 6) is -0.264. The van der Waals surface area contributed by atoms with Crippen LogP contribution in [0.15, 0.2) is 57.7 Å². The second kappa shape index (κ2) is 8.86. The molecular weight excluding hydrogens is 388 g/mol. The summed E-state index contributed by atoms with van der Waals surface area (Å²) < 4.78 is 17.3. The van der Waals surface area contributed by atoms with E-state index in [-0.39, 0.29) is 19.1 Å². The van der Waals surface area contributed by atoms with Gasteiger partial charge in [-0.1, -0.05) is 12.1 Å². The molecule has 0 bridgehead atoms. The molecule has 1 aromatic heterocycles. The first-order valence-electron chi connectivity index (χ1n) is 9.89. The van der Waals surface area contributed by atoms with Crippen LogP contribution in [0.25, 0.3) is 11.1 Å². The van der Waals surface area contributed by atoms with Crippen molar-refractivity contribution < 1.29 is 23.5 Å². The molecule has 4 rings (SSSR count). The number of rotatable bonds is 8. The van der Waals surface area contributed by atoms with Gasteiger partial charge in [0, 0.05) is 25.2 Å². The zero-order valence-corrected chi connectivity index (χ0v) is 16.4. The molecular formula is C22H22N2O6. The minimum absolute atomic E-state index is 0.123. The molecule has 0 radical (unpaired) electrons. The van der Waals surface area contributed by atoms with E-state index in [0.717, 1.165) is 24.2 Å². The zero-order valence-electron chi connectivity index (χ0n) is 16.4. The number of hydrogen-bond donors (Lipinski definition) is 0. The highest BCUT2D eigenvalue weighted by molar-refractivity contribution is 5.95. The SMILES string of the molecule is O=C(COc1ccc(N2CCCC2=O)cc1)OCCCn1c(=O)oc2ccccc21. The van der Waals surface area contributed by atoms with Crippen molar-refractivity contribution in [2.24, 2.45) is 0 Å². The van der Waals surface area contributed by atoms with Gasteiger partial charge in [-0.2, -0.15) is 0 Å². The molecule has 8 heteroatoms. The Labute approximate surface area is 172 Å². The van der Waals surface area contributed by atoms with Crippen LogP contribution in [0.4, 0.5) is 5.69 Å². The summed E-state index contributed by atoms with van der Waals surface area (Å²) in [6, 6.07) is 14.2. The Bertz CT molecular complexity index is 1100. The Morgan fingerprint density at radius 1 is 1.07 bits per heavy atom. The van der Waals surface area contributed by atoms with Gasteiger partial charge in [0.15, 0.2) is 12.2 Å². The van der Waals surface area contributed by atoms with E-state index in [1.165, 1.54) is 4.57 Å². The number of aryl methyl sites for hydroxylation is 1. The van der Waals surface area contributed by atoms with Gasteiger partial charge >= 0.3 is 11.7 Å². The number of oxazole rings is 1. The maximum atomic E-state index is 11.9. The number of amides is 1. The lowest BCUT2D eigenvalue weighted by Gasteiger charge is -2.16. The average Bonchev–Trinajstić information content (AvgIpc) is 3.32. The van der Waals surface area contributed by atoms with Gasteiger partial charge in [-0.05, 0) is 49.2 Å². The van der Waals surface area contributed by atoms with Crippen LogP contribution in [0.1, 0.15) is 19.3 Å². The van der Waals surface area contributed by atoms with Crippen molar-refractivity contribution >= 4 is 28.7 Å². The van der Waals surface area contributed by atoms with E-state index in [4.69, 9.17) is 13.9 Å². The number of carbonyl (C=O) groups excluding carboxylic acids is 2. The van der Waals surface area contributed by atoms with Crippen molar-refractivity contribution in [1.82, 2.24) is 4.57 Å². The molecule has 156 valence electrons. The van der Waals surface area contributed by atoms with Crippen LogP contribution in [-0.2, 0) is 20.9 Å². The summed E-state index contributed by atoms with van der Waals surface area (Å²) in [5, 5.41) is 0. The van der Waals surface area contributed by atoms with Gasteiger partial charge in [0.25, 0.3) is 0 Å². The fraction of sp³-hybridized carbons (Fsp3) is 0.318. The fourth-order valence-electron chi connectivity index (χ4n) is 3.46. The van der Waals surface area contributed by atoms with Gasteiger partial charge in [0.2, 0.25) is 5.91 Å². The Balaban J connectivity index is 1.20.